The van der Waals surface area contributed by atoms with Gasteiger partial charge >= 0.3 is 5.97 Å². The van der Waals surface area contributed by atoms with Crippen LogP contribution in [0.25, 0.3) is 0 Å². The molecule has 0 aliphatic carbocycles. The summed E-state index contributed by atoms with van der Waals surface area (Å²) in [5.41, 5.74) is 0. The minimum Gasteiger partial charge on any atom is -0.484 e. The number of nitrogens with zero attached hydrogens (tertiary/aromatic N) is 1. The van der Waals surface area contributed by atoms with E-state index in [2.05, 4.69) is 15.9 Å². The molecule has 5 nitrogen and oxygen atoms in total. The predicted octanol–water partition coefficient (Wildman–Crippen LogP) is 2.38. The highest BCUT2D eigenvalue weighted by Crippen LogP contribution is 2.19. The van der Waals surface area contributed by atoms with Crippen molar-refractivity contribution < 1.29 is 19.1 Å². The standard InChI is InChI=1S/C15H18BrNO4/c1-20-15(19)13-4-2-3-9-17(13)14(18)10-21-12-7-5-11(16)6-8-12/h5-8,13H,2-4,9-10H2,1H3/t13-/m1/s1. The summed E-state index contributed by atoms with van der Waals surface area (Å²) >= 11 is 3.34. The summed E-state index contributed by atoms with van der Waals surface area (Å²) < 4.78 is 11.2. The normalized spacial score (nSPS) is 18.2. The SMILES string of the molecule is COC(=O)[C@H]1CCCCN1C(=O)COc1ccc(Br)cc1. The van der Waals surface area contributed by atoms with Crippen molar-refractivity contribution in [2.45, 2.75) is 25.3 Å². The maximum absolute atomic E-state index is 12.3. The first-order chi connectivity index (χ1) is 10.1. The van der Waals surface area contributed by atoms with Crippen molar-refractivity contribution >= 4 is 27.8 Å². The number of ether oxygens (including phenoxy) is 2. The first-order valence-electron chi connectivity index (χ1n) is 6.87. The smallest absolute Gasteiger partial charge is 0.328 e. The molecule has 114 valence electrons. The summed E-state index contributed by atoms with van der Waals surface area (Å²) in [5, 5.41) is 0. The Hall–Kier alpha value is -1.56. The molecule has 2 rings (SSSR count). The molecule has 0 N–H and O–H groups in total. The average Bonchev–Trinajstić information content (AvgIpc) is 2.53. The van der Waals surface area contributed by atoms with Gasteiger partial charge in [0.2, 0.25) is 0 Å². The lowest BCUT2D eigenvalue weighted by Gasteiger charge is -2.33. The predicted molar refractivity (Wildman–Crippen MR) is 81.0 cm³/mol. The number of benzene rings is 1. The van der Waals surface area contributed by atoms with E-state index in [1.165, 1.54) is 7.11 Å². The van der Waals surface area contributed by atoms with E-state index >= 15 is 0 Å². The van der Waals surface area contributed by atoms with Gasteiger partial charge in [0.1, 0.15) is 11.8 Å². The highest BCUT2D eigenvalue weighted by molar-refractivity contribution is 9.10. The van der Waals surface area contributed by atoms with Crippen LogP contribution in [0.2, 0.25) is 0 Å². The first kappa shape index (κ1) is 15.8. The van der Waals surface area contributed by atoms with Crippen molar-refractivity contribution in [2.24, 2.45) is 0 Å². The number of amides is 1. The van der Waals surface area contributed by atoms with Crippen LogP contribution >= 0.6 is 15.9 Å². The Morgan fingerprint density at radius 2 is 2.00 bits per heavy atom. The molecule has 0 bridgehead atoms. The van der Waals surface area contributed by atoms with Gasteiger partial charge in [0.15, 0.2) is 6.61 Å². The largest absolute Gasteiger partial charge is 0.484 e. The minimum absolute atomic E-state index is 0.0743. The van der Waals surface area contributed by atoms with Crippen molar-refractivity contribution in [3.8, 4) is 5.75 Å². The zero-order chi connectivity index (χ0) is 15.2. The molecule has 0 unspecified atom stereocenters. The van der Waals surface area contributed by atoms with Crippen LogP contribution in [0.1, 0.15) is 19.3 Å². The molecule has 1 aromatic rings. The zero-order valence-corrected chi connectivity index (χ0v) is 13.5. The van der Waals surface area contributed by atoms with E-state index in [-0.39, 0.29) is 18.5 Å². The second kappa shape index (κ2) is 7.45. The molecule has 0 radical (unpaired) electrons. The fraction of sp³-hybridized carbons (Fsp3) is 0.467. The average molecular weight is 356 g/mol. The second-order valence-electron chi connectivity index (χ2n) is 4.86. The number of hydrogen-bond acceptors (Lipinski definition) is 4. The number of halogens is 1. The van der Waals surface area contributed by atoms with E-state index in [9.17, 15) is 9.59 Å². The lowest BCUT2D eigenvalue weighted by atomic mass is 10.0. The molecule has 6 heteroatoms. The van der Waals surface area contributed by atoms with Gasteiger partial charge in [-0.2, -0.15) is 0 Å². The van der Waals surface area contributed by atoms with Gasteiger partial charge in [0.05, 0.1) is 7.11 Å². The highest BCUT2D eigenvalue weighted by Gasteiger charge is 2.32. The fourth-order valence-corrected chi connectivity index (χ4v) is 2.63. The Balaban J connectivity index is 1.94. The number of likely N-dealkylation sites (tertiary alicyclic amines) is 1. The Bertz CT molecular complexity index is 503. The van der Waals surface area contributed by atoms with Crippen molar-refractivity contribution in [1.82, 2.24) is 4.90 Å². The van der Waals surface area contributed by atoms with E-state index in [0.717, 1.165) is 17.3 Å². The third-order valence-electron chi connectivity index (χ3n) is 3.47. The number of carbonyl (C=O) groups excluding carboxylic acids is 2. The summed E-state index contributed by atoms with van der Waals surface area (Å²) in [6.07, 6.45) is 2.48. The molecule has 1 aliphatic rings. The van der Waals surface area contributed by atoms with E-state index in [1.54, 1.807) is 17.0 Å². The van der Waals surface area contributed by atoms with Crippen molar-refractivity contribution in [1.29, 1.82) is 0 Å². The molecule has 1 aromatic carbocycles. The molecule has 1 heterocycles. The number of carbonyl (C=O) groups is 2. The number of hydrogen-bond donors (Lipinski definition) is 0. The third-order valence-corrected chi connectivity index (χ3v) is 4.00. The van der Waals surface area contributed by atoms with Gasteiger partial charge < -0.3 is 14.4 Å². The van der Waals surface area contributed by atoms with Gasteiger partial charge in [-0.1, -0.05) is 15.9 Å². The van der Waals surface area contributed by atoms with Crippen molar-refractivity contribution in [2.75, 3.05) is 20.3 Å². The minimum atomic E-state index is -0.482. The summed E-state index contributed by atoms with van der Waals surface area (Å²) in [7, 11) is 1.35. The van der Waals surface area contributed by atoms with Crippen LogP contribution in [0.4, 0.5) is 0 Å². The molecule has 21 heavy (non-hydrogen) atoms. The van der Waals surface area contributed by atoms with E-state index in [4.69, 9.17) is 9.47 Å². The maximum atomic E-state index is 12.3. The van der Waals surface area contributed by atoms with Gasteiger partial charge in [-0.25, -0.2) is 4.79 Å². The van der Waals surface area contributed by atoms with Gasteiger partial charge in [0, 0.05) is 11.0 Å². The highest BCUT2D eigenvalue weighted by atomic mass is 79.9. The maximum Gasteiger partial charge on any atom is 0.328 e. The lowest BCUT2D eigenvalue weighted by molar-refractivity contribution is -0.155. The van der Waals surface area contributed by atoms with Gasteiger partial charge in [0.25, 0.3) is 5.91 Å². The molecule has 1 aliphatic heterocycles. The molecule has 1 amide bonds. The van der Waals surface area contributed by atoms with Crippen LogP contribution in [0.3, 0.4) is 0 Å². The van der Waals surface area contributed by atoms with Crippen LogP contribution in [-0.4, -0.2) is 43.1 Å². The monoisotopic (exact) mass is 355 g/mol. The van der Waals surface area contributed by atoms with Crippen LogP contribution in [0.15, 0.2) is 28.7 Å². The number of methoxy groups -OCH3 is 1. The topological polar surface area (TPSA) is 55.8 Å². The number of esters is 1. The summed E-state index contributed by atoms with van der Waals surface area (Å²) in [6, 6.07) is 6.77. The van der Waals surface area contributed by atoms with E-state index in [0.29, 0.717) is 18.7 Å². The Morgan fingerprint density at radius 1 is 1.29 bits per heavy atom. The number of piperidine rings is 1. The van der Waals surface area contributed by atoms with Crippen LogP contribution in [0, 0.1) is 0 Å². The molecular formula is C15H18BrNO4. The van der Waals surface area contributed by atoms with Gasteiger partial charge in [-0.05, 0) is 43.5 Å². The fourth-order valence-electron chi connectivity index (χ4n) is 2.37. The lowest BCUT2D eigenvalue weighted by Crippen LogP contribution is -2.50. The molecule has 1 atom stereocenters. The van der Waals surface area contributed by atoms with Gasteiger partial charge in [-0.15, -0.1) is 0 Å². The van der Waals surface area contributed by atoms with Crippen molar-refractivity contribution in [3.63, 3.8) is 0 Å². The molecule has 0 spiro atoms. The quantitative estimate of drug-likeness (QED) is 0.778. The summed E-state index contributed by atoms with van der Waals surface area (Å²) in [5.74, 6) is 0.0814. The first-order valence-corrected chi connectivity index (χ1v) is 7.67. The molecule has 1 fully saturated rings. The van der Waals surface area contributed by atoms with Crippen molar-refractivity contribution in [3.05, 3.63) is 28.7 Å². The molecule has 0 aromatic heterocycles. The summed E-state index contributed by atoms with van der Waals surface area (Å²) in [4.78, 5) is 25.5. The van der Waals surface area contributed by atoms with E-state index < -0.39 is 6.04 Å². The van der Waals surface area contributed by atoms with Crippen LogP contribution in [-0.2, 0) is 14.3 Å². The van der Waals surface area contributed by atoms with Crippen LogP contribution in [0.5, 0.6) is 5.75 Å². The third kappa shape index (κ3) is 4.20. The summed E-state index contributed by atoms with van der Waals surface area (Å²) in [6.45, 7) is 0.497. The number of rotatable bonds is 4. The Kier molecular flexibility index (Phi) is 5.61. The molecule has 1 saturated heterocycles. The van der Waals surface area contributed by atoms with E-state index in [1.807, 2.05) is 12.1 Å². The Labute approximate surface area is 132 Å². The van der Waals surface area contributed by atoms with Crippen LogP contribution < -0.4 is 4.74 Å². The zero-order valence-electron chi connectivity index (χ0n) is 11.9. The molecule has 0 saturated carbocycles. The van der Waals surface area contributed by atoms with Gasteiger partial charge in [-0.3, -0.25) is 4.79 Å². The Morgan fingerprint density at radius 3 is 2.67 bits per heavy atom. The second-order valence-corrected chi connectivity index (χ2v) is 5.78. The molecular weight excluding hydrogens is 338 g/mol.